The predicted octanol–water partition coefficient (Wildman–Crippen LogP) is 2.65. The van der Waals surface area contributed by atoms with Gasteiger partial charge in [-0.05, 0) is 37.2 Å². The summed E-state index contributed by atoms with van der Waals surface area (Å²) in [6, 6.07) is 15.3. The van der Waals surface area contributed by atoms with Gasteiger partial charge in [0.05, 0.1) is 25.5 Å². The molecule has 7 heteroatoms. The van der Waals surface area contributed by atoms with E-state index >= 15 is 0 Å². The molecule has 1 aromatic heterocycles. The van der Waals surface area contributed by atoms with Crippen molar-refractivity contribution in [3.63, 3.8) is 0 Å². The summed E-state index contributed by atoms with van der Waals surface area (Å²) in [5, 5.41) is 11.1. The minimum absolute atomic E-state index is 0.119. The van der Waals surface area contributed by atoms with Gasteiger partial charge in [-0.3, -0.25) is 4.79 Å². The number of ether oxygens (including phenoxy) is 2. The highest BCUT2D eigenvalue weighted by atomic mass is 16.5. The van der Waals surface area contributed by atoms with Crippen LogP contribution < -0.4 is 20.1 Å². The van der Waals surface area contributed by atoms with Crippen LogP contribution in [-0.2, 0) is 0 Å². The maximum absolute atomic E-state index is 13.1. The van der Waals surface area contributed by atoms with Gasteiger partial charge in [0.1, 0.15) is 17.2 Å². The number of hydrogen-bond donors (Lipinski definition) is 2. The number of carbonyl (C=O) groups is 1. The molecule has 0 bridgehead atoms. The number of nitrogens with one attached hydrogen (secondary N) is 2. The topological polar surface area (TPSA) is 77.4 Å². The van der Waals surface area contributed by atoms with Crippen molar-refractivity contribution in [3.8, 4) is 28.4 Å². The quantitative estimate of drug-likeness (QED) is 0.674. The van der Waals surface area contributed by atoms with Crippen molar-refractivity contribution in [2.24, 2.45) is 0 Å². The van der Waals surface area contributed by atoms with Gasteiger partial charge < -0.3 is 20.1 Å². The van der Waals surface area contributed by atoms with Gasteiger partial charge in [0, 0.05) is 30.4 Å². The number of benzene rings is 2. The second-order valence-electron chi connectivity index (χ2n) is 6.90. The minimum atomic E-state index is -0.145. The van der Waals surface area contributed by atoms with E-state index in [0.717, 1.165) is 30.8 Å². The van der Waals surface area contributed by atoms with Gasteiger partial charge in [-0.1, -0.05) is 18.2 Å². The fourth-order valence-corrected chi connectivity index (χ4v) is 3.49. The van der Waals surface area contributed by atoms with Gasteiger partial charge in [0.15, 0.2) is 0 Å². The molecule has 2 N–H and O–H groups in total. The molecule has 1 atom stereocenters. The Labute approximate surface area is 169 Å². The Morgan fingerprint density at radius 3 is 2.69 bits per heavy atom. The molecule has 0 radical (unpaired) electrons. The largest absolute Gasteiger partial charge is 0.497 e. The number of aromatic nitrogens is 2. The minimum Gasteiger partial charge on any atom is -0.497 e. The van der Waals surface area contributed by atoms with Crippen molar-refractivity contribution >= 4 is 5.91 Å². The van der Waals surface area contributed by atoms with E-state index in [4.69, 9.17) is 14.6 Å². The number of amides is 1. The first kappa shape index (κ1) is 19.0. The summed E-state index contributed by atoms with van der Waals surface area (Å²) in [4.78, 5) is 13.1. The van der Waals surface area contributed by atoms with Crippen LogP contribution in [0.15, 0.2) is 54.7 Å². The average Bonchev–Trinajstić information content (AvgIpc) is 3.44. The Morgan fingerprint density at radius 2 is 2.00 bits per heavy atom. The molecule has 2 heterocycles. The van der Waals surface area contributed by atoms with Crippen molar-refractivity contribution < 1.29 is 14.3 Å². The molecule has 1 unspecified atom stereocenters. The molecule has 150 valence electrons. The SMILES string of the molecule is COc1ccc(-c2nn(-c3ccccc3)cc2C(=O)NC2CCNC2)c(OC)c1. The van der Waals surface area contributed by atoms with E-state index in [2.05, 4.69) is 10.6 Å². The van der Waals surface area contributed by atoms with Crippen LogP contribution in [0.2, 0.25) is 0 Å². The van der Waals surface area contributed by atoms with Crippen LogP contribution in [0, 0.1) is 0 Å². The zero-order chi connectivity index (χ0) is 20.2. The summed E-state index contributed by atoms with van der Waals surface area (Å²) in [6.45, 7) is 1.69. The second kappa shape index (κ2) is 8.36. The van der Waals surface area contributed by atoms with Gasteiger partial charge in [0.25, 0.3) is 5.91 Å². The lowest BCUT2D eigenvalue weighted by Gasteiger charge is -2.12. The fraction of sp³-hybridized carbons (Fsp3) is 0.273. The van der Waals surface area contributed by atoms with Crippen molar-refractivity contribution in [1.82, 2.24) is 20.4 Å². The summed E-state index contributed by atoms with van der Waals surface area (Å²) >= 11 is 0. The lowest BCUT2D eigenvalue weighted by atomic mass is 10.1. The van der Waals surface area contributed by atoms with E-state index in [1.165, 1.54) is 0 Å². The molecule has 1 fully saturated rings. The Balaban J connectivity index is 1.79. The van der Waals surface area contributed by atoms with E-state index in [9.17, 15) is 4.79 Å². The summed E-state index contributed by atoms with van der Waals surface area (Å²) in [7, 11) is 3.20. The Hall–Kier alpha value is -3.32. The molecule has 1 aliphatic rings. The summed E-state index contributed by atoms with van der Waals surface area (Å²) in [5.74, 6) is 1.13. The van der Waals surface area contributed by atoms with Gasteiger partial charge in [-0.25, -0.2) is 4.68 Å². The molecule has 29 heavy (non-hydrogen) atoms. The molecule has 2 aromatic carbocycles. The first-order valence-electron chi connectivity index (χ1n) is 9.58. The molecular weight excluding hydrogens is 368 g/mol. The summed E-state index contributed by atoms with van der Waals surface area (Å²) < 4.78 is 12.6. The number of nitrogens with zero attached hydrogens (tertiary/aromatic N) is 2. The Morgan fingerprint density at radius 1 is 1.17 bits per heavy atom. The van der Waals surface area contributed by atoms with Crippen molar-refractivity contribution in [2.75, 3.05) is 27.3 Å². The van der Waals surface area contributed by atoms with Crippen molar-refractivity contribution in [2.45, 2.75) is 12.5 Å². The van der Waals surface area contributed by atoms with Crippen LogP contribution in [0.5, 0.6) is 11.5 Å². The zero-order valence-electron chi connectivity index (χ0n) is 16.5. The highest BCUT2D eigenvalue weighted by Crippen LogP contribution is 2.34. The summed E-state index contributed by atoms with van der Waals surface area (Å²) in [6.07, 6.45) is 2.69. The van der Waals surface area contributed by atoms with E-state index < -0.39 is 0 Å². The highest BCUT2D eigenvalue weighted by Gasteiger charge is 2.24. The van der Waals surface area contributed by atoms with Crippen LogP contribution >= 0.6 is 0 Å². The van der Waals surface area contributed by atoms with Gasteiger partial charge >= 0.3 is 0 Å². The second-order valence-corrected chi connectivity index (χ2v) is 6.90. The van der Waals surface area contributed by atoms with E-state index in [1.54, 1.807) is 31.2 Å². The predicted molar refractivity (Wildman–Crippen MR) is 111 cm³/mol. The molecule has 4 rings (SSSR count). The Kier molecular flexibility index (Phi) is 5.48. The van der Waals surface area contributed by atoms with E-state index in [0.29, 0.717) is 22.8 Å². The lowest BCUT2D eigenvalue weighted by Crippen LogP contribution is -2.36. The van der Waals surface area contributed by atoms with Gasteiger partial charge in [-0.2, -0.15) is 5.10 Å². The highest BCUT2D eigenvalue weighted by molar-refractivity contribution is 6.00. The molecule has 1 saturated heterocycles. The first-order valence-corrected chi connectivity index (χ1v) is 9.58. The molecule has 3 aromatic rings. The molecule has 0 spiro atoms. The van der Waals surface area contributed by atoms with Gasteiger partial charge in [0.2, 0.25) is 0 Å². The number of rotatable bonds is 6. The monoisotopic (exact) mass is 392 g/mol. The normalized spacial score (nSPS) is 15.9. The van der Waals surface area contributed by atoms with Crippen molar-refractivity contribution in [1.29, 1.82) is 0 Å². The van der Waals surface area contributed by atoms with Crippen LogP contribution in [-0.4, -0.2) is 49.0 Å². The average molecular weight is 392 g/mol. The van der Waals surface area contributed by atoms with E-state index in [-0.39, 0.29) is 11.9 Å². The molecule has 1 amide bonds. The maximum Gasteiger partial charge on any atom is 0.255 e. The third kappa shape index (κ3) is 3.95. The number of para-hydroxylation sites is 1. The van der Waals surface area contributed by atoms with Crippen molar-refractivity contribution in [3.05, 3.63) is 60.3 Å². The maximum atomic E-state index is 13.1. The van der Waals surface area contributed by atoms with Gasteiger partial charge in [-0.15, -0.1) is 0 Å². The van der Waals surface area contributed by atoms with Crippen LogP contribution in [0.25, 0.3) is 16.9 Å². The standard InChI is InChI=1S/C22H24N4O3/c1-28-17-8-9-18(20(12-17)29-2)21-19(22(27)24-15-10-11-23-13-15)14-26(25-21)16-6-4-3-5-7-16/h3-9,12,14-15,23H,10-11,13H2,1-2H3,(H,24,27). The molecular formula is C22H24N4O3. The molecule has 0 aliphatic carbocycles. The number of carbonyl (C=O) groups excluding carboxylic acids is 1. The smallest absolute Gasteiger partial charge is 0.255 e. The molecule has 0 saturated carbocycles. The fourth-order valence-electron chi connectivity index (χ4n) is 3.49. The number of hydrogen-bond acceptors (Lipinski definition) is 5. The van der Waals surface area contributed by atoms with E-state index in [1.807, 2.05) is 42.5 Å². The lowest BCUT2D eigenvalue weighted by molar-refractivity contribution is 0.0940. The first-order chi connectivity index (χ1) is 14.2. The molecule has 7 nitrogen and oxygen atoms in total. The zero-order valence-corrected chi connectivity index (χ0v) is 16.5. The summed E-state index contributed by atoms with van der Waals surface area (Å²) in [5.41, 5.74) is 2.68. The third-order valence-electron chi connectivity index (χ3n) is 5.04. The Bertz CT molecular complexity index is 995. The molecule has 1 aliphatic heterocycles. The van der Waals surface area contributed by atoms with Crippen LogP contribution in [0.1, 0.15) is 16.8 Å². The third-order valence-corrected chi connectivity index (χ3v) is 5.04. The van der Waals surface area contributed by atoms with Crippen LogP contribution in [0.4, 0.5) is 0 Å². The number of methoxy groups -OCH3 is 2. The van der Waals surface area contributed by atoms with Crippen LogP contribution in [0.3, 0.4) is 0 Å².